The second kappa shape index (κ2) is 6.91. The molecule has 0 N–H and O–H groups in total. The second-order valence-electron chi connectivity index (χ2n) is 8.35. The maximum atomic E-state index is 13.5. The van der Waals surface area contributed by atoms with Crippen LogP contribution in [0.4, 0.5) is 11.4 Å². The lowest BCUT2D eigenvalue weighted by atomic mass is 9.83. The van der Waals surface area contributed by atoms with E-state index in [0.29, 0.717) is 13.1 Å². The Balaban J connectivity index is 1.81. The van der Waals surface area contributed by atoms with E-state index in [1.807, 2.05) is 24.3 Å². The molecule has 30 heavy (non-hydrogen) atoms. The van der Waals surface area contributed by atoms with Crippen molar-refractivity contribution in [1.29, 1.82) is 0 Å². The first-order valence-electron chi connectivity index (χ1n) is 10.4. The quantitative estimate of drug-likeness (QED) is 0.633. The molecule has 0 saturated carbocycles. The van der Waals surface area contributed by atoms with Crippen LogP contribution in [0.5, 0.6) is 5.75 Å². The van der Waals surface area contributed by atoms with Gasteiger partial charge in [0.25, 0.3) is 0 Å². The van der Waals surface area contributed by atoms with E-state index in [2.05, 4.69) is 59.2 Å². The molecule has 4 nitrogen and oxygen atoms in total. The summed E-state index contributed by atoms with van der Waals surface area (Å²) in [6.07, 6.45) is 0. The van der Waals surface area contributed by atoms with Gasteiger partial charge in [-0.25, -0.2) is 0 Å². The number of carbonyl (C=O) groups excluding carboxylic acids is 1. The van der Waals surface area contributed by atoms with Crippen molar-refractivity contribution in [2.75, 3.05) is 23.5 Å². The Morgan fingerprint density at radius 3 is 2.40 bits per heavy atom. The lowest BCUT2D eigenvalue weighted by molar-refractivity contribution is -0.122. The number of rotatable bonds is 3. The van der Waals surface area contributed by atoms with Gasteiger partial charge in [-0.1, -0.05) is 48.0 Å². The van der Waals surface area contributed by atoms with E-state index >= 15 is 0 Å². The third-order valence-corrected chi connectivity index (χ3v) is 6.56. The first-order valence-corrected chi connectivity index (χ1v) is 10.4. The summed E-state index contributed by atoms with van der Waals surface area (Å²) < 4.78 is 5.51. The molecule has 2 aliphatic rings. The number of fused-ring (bicyclic) bond motifs is 7. The van der Waals surface area contributed by atoms with Crippen molar-refractivity contribution in [1.82, 2.24) is 0 Å². The molecule has 3 aromatic carbocycles. The number of hydrogen-bond donors (Lipinski definition) is 0. The highest BCUT2D eigenvalue weighted by atomic mass is 16.5. The third kappa shape index (κ3) is 2.71. The molecule has 0 aromatic heterocycles. The summed E-state index contributed by atoms with van der Waals surface area (Å²) in [5.74, 6) is 1.00. The highest BCUT2D eigenvalue weighted by Crippen LogP contribution is 2.46. The van der Waals surface area contributed by atoms with Crippen LogP contribution < -0.4 is 14.5 Å². The van der Waals surface area contributed by atoms with Gasteiger partial charge in [0.1, 0.15) is 11.3 Å². The number of anilines is 2. The molecule has 0 saturated heterocycles. The molecule has 3 aromatic rings. The molecule has 2 heterocycles. The number of ether oxygens (including phenoxy) is 1. The van der Waals surface area contributed by atoms with Crippen molar-refractivity contribution >= 4 is 17.2 Å². The molecule has 4 heteroatoms. The summed E-state index contributed by atoms with van der Waals surface area (Å²) in [4.78, 5) is 18.2. The van der Waals surface area contributed by atoms with E-state index in [1.54, 1.807) is 14.0 Å². The van der Waals surface area contributed by atoms with Crippen molar-refractivity contribution in [3.63, 3.8) is 0 Å². The molecule has 152 valence electrons. The van der Waals surface area contributed by atoms with E-state index in [1.165, 1.54) is 22.4 Å². The van der Waals surface area contributed by atoms with Crippen LogP contribution in [-0.2, 0) is 23.4 Å². The molecule has 5 rings (SSSR count). The zero-order chi connectivity index (χ0) is 20.9. The van der Waals surface area contributed by atoms with Gasteiger partial charge >= 0.3 is 0 Å². The Morgan fingerprint density at radius 1 is 0.933 bits per heavy atom. The van der Waals surface area contributed by atoms with Crippen LogP contribution in [0.2, 0.25) is 0 Å². The number of hydrogen-bond acceptors (Lipinski definition) is 4. The van der Waals surface area contributed by atoms with Gasteiger partial charge in [0.15, 0.2) is 5.78 Å². The van der Waals surface area contributed by atoms with Crippen LogP contribution >= 0.6 is 0 Å². The topological polar surface area (TPSA) is 32.8 Å². The van der Waals surface area contributed by atoms with E-state index in [9.17, 15) is 4.79 Å². The Labute approximate surface area is 177 Å². The fourth-order valence-electron chi connectivity index (χ4n) is 5.08. The SMILES string of the molecule is COc1ccc2c(c1)CN1C[C@@](C(C)=O)(c3ccccc3)N2Cc2cc(C)ccc21. The molecule has 2 aliphatic heterocycles. The Bertz CT molecular complexity index is 1130. The predicted octanol–water partition coefficient (Wildman–Crippen LogP) is 4.83. The normalized spacial score (nSPS) is 19.6. The second-order valence-corrected chi connectivity index (χ2v) is 8.35. The predicted molar refractivity (Wildman–Crippen MR) is 120 cm³/mol. The first kappa shape index (κ1) is 18.7. The number of methoxy groups -OCH3 is 1. The van der Waals surface area contributed by atoms with Gasteiger partial charge in [-0.2, -0.15) is 0 Å². The zero-order valence-corrected chi connectivity index (χ0v) is 17.7. The monoisotopic (exact) mass is 398 g/mol. The van der Waals surface area contributed by atoms with Crippen molar-refractivity contribution in [3.05, 3.63) is 89.0 Å². The molecule has 0 spiro atoms. The largest absolute Gasteiger partial charge is 0.497 e. The molecule has 0 fully saturated rings. The van der Waals surface area contributed by atoms with Gasteiger partial charge in [0.2, 0.25) is 0 Å². The smallest absolute Gasteiger partial charge is 0.161 e. The first-order chi connectivity index (χ1) is 14.5. The van der Waals surface area contributed by atoms with Gasteiger partial charge in [0, 0.05) is 24.5 Å². The number of benzene rings is 3. The summed E-state index contributed by atoms with van der Waals surface area (Å²) >= 11 is 0. The average Bonchev–Trinajstić information content (AvgIpc) is 2.98. The molecular formula is C26H26N2O2. The highest BCUT2D eigenvalue weighted by Gasteiger charge is 2.49. The number of carbonyl (C=O) groups is 1. The summed E-state index contributed by atoms with van der Waals surface area (Å²) in [5.41, 5.74) is 6.27. The maximum Gasteiger partial charge on any atom is 0.161 e. The van der Waals surface area contributed by atoms with E-state index in [4.69, 9.17) is 4.74 Å². The van der Waals surface area contributed by atoms with Crippen LogP contribution in [0.3, 0.4) is 0 Å². The van der Waals surface area contributed by atoms with Gasteiger partial charge < -0.3 is 14.5 Å². The molecular weight excluding hydrogens is 372 g/mol. The fourth-order valence-corrected chi connectivity index (χ4v) is 5.08. The van der Waals surface area contributed by atoms with Gasteiger partial charge in [-0.05, 0) is 54.8 Å². The number of ketones is 1. The lowest BCUT2D eigenvalue weighted by Crippen LogP contribution is -2.55. The van der Waals surface area contributed by atoms with Crippen molar-refractivity contribution in [3.8, 4) is 5.75 Å². The minimum atomic E-state index is -0.756. The summed E-state index contributed by atoms with van der Waals surface area (Å²) in [6.45, 7) is 5.88. The van der Waals surface area contributed by atoms with Crippen molar-refractivity contribution < 1.29 is 9.53 Å². The molecule has 0 unspecified atom stereocenters. The zero-order valence-electron chi connectivity index (χ0n) is 17.7. The molecule has 1 atom stereocenters. The van der Waals surface area contributed by atoms with Crippen molar-refractivity contribution in [2.45, 2.75) is 32.5 Å². The van der Waals surface area contributed by atoms with E-state index in [-0.39, 0.29) is 5.78 Å². The fraction of sp³-hybridized carbons (Fsp3) is 0.269. The van der Waals surface area contributed by atoms with Crippen LogP contribution in [0.15, 0.2) is 66.7 Å². The lowest BCUT2D eigenvalue weighted by Gasteiger charge is -2.43. The Morgan fingerprint density at radius 2 is 1.67 bits per heavy atom. The highest BCUT2D eigenvalue weighted by molar-refractivity contribution is 5.93. The van der Waals surface area contributed by atoms with Crippen molar-refractivity contribution in [2.24, 2.45) is 0 Å². The standard InChI is InChI=1S/C26H26N2O2/c1-18-9-11-24-20(13-18)16-28-25-12-10-23(30-3)14-21(25)15-27(24)17-26(28,19(2)29)22-7-5-4-6-8-22/h4-14H,15-17H2,1-3H3/t26-/m1/s1. The van der Waals surface area contributed by atoms with E-state index in [0.717, 1.165) is 23.5 Å². The van der Waals surface area contributed by atoms with Crippen LogP contribution in [0.25, 0.3) is 0 Å². The maximum absolute atomic E-state index is 13.5. The Hall–Kier alpha value is -3.27. The number of Topliss-reactive ketones (excluding diaryl/α,β-unsaturated/α-hetero) is 1. The molecule has 0 radical (unpaired) electrons. The van der Waals surface area contributed by atoms with Crippen LogP contribution in [0, 0.1) is 6.92 Å². The van der Waals surface area contributed by atoms with E-state index < -0.39 is 5.54 Å². The number of nitrogens with zero attached hydrogens (tertiary/aromatic N) is 2. The minimum absolute atomic E-state index is 0.159. The van der Waals surface area contributed by atoms with Crippen LogP contribution in [-0.4, -0.2) is 19.4 Å². The molecule has 0 amide bonds. The molecule has 0 aliphatic carbocycles. The summed E-state index contributed by atoms with van der Waals surface area (Å²) in [5, 5.41) is 0. The molecule has 2 bridgehead atoms. The third-order valence-electron chi connectivity index (χ3n) is 6.56. The minimum Gasteiger partial charge on any atom is -0.497 e. The van der Waals surface area contributed by atoms with Gasteiger partial charge in [0.05, 0.1) is 13.7 Å². The number of aryl methyl sites for hydroxylation is 1. The summed E-state index contributed by atoms with van der Waals surface area (Å²) in [6, 6.07) is 23.1. The van der Waals surface area contributed by atoms with Gasteiger partial charge in [-0.15, -0.1) is 0 Å². The Kier molecular flexibility index (Phi) is 4.31. The average molecular weight is 399 g/mol. The van der Waals surface area contributed by atoms with Crippen LogP contribution in [0.1, 0.15) is 29.2 Å². The van der Waals surface area contributed by atoms with Gasteiger partial charge in [-0.3, -0.25) is 4.79 Å². The summed E-state index contributed by atoms with van der Waals surface area (Å²) in [7, 11) is 1.70.